The van der Waals surface area contributed by atoms with Gasteiger partial charge in [0.25, 0.3) is 0 Å². The number of hydrogen-bond donors (Lipinski definition) is 0. The van der Waals surface area contributed by atoms with E-state index in [-0.39, 0.29) is 11.6 Å². The minimum absolute atomic E-state index is 0.00231. The topological polar surface area (TPSA) is 34.1 Å². The molecular weight excluding hydrogens is 152 g/mol. The highest BCUT2D eigenvalue weighted by molar-refractivity contribution is 6.15. The predicted octanol–water partition coefficient (Wildman–Crippen LogP) is 1.75. The molecule has 0 aromatic rings. The van der Waals surface area contributed by atoms with E-state index in [1.165, 1.54) is 6.08 Å². The third-order valence-corrected chi connectivity index (χ3v) is 2.42. The van der Waals surface area contributed by atoms with Crippen molar-refractivity contribution in [2.24, 2.45) is 10.8 Å². The first-order valence-corrected chi connectivity index (χ1v) is 4.07. The Bertz CT molecular complexity index is 270. The van der Waals surface area contributed by atoms with Crippen molar-refractivity contribution in [3.05, 3.63) is 12.2 Å². The van der Waals surface area contributed by atoms with Crippen molar-refractivity contribution in [2.75, 3.05) is 0 Å². The minimum Gasteiger partial charge on any atom is -0.298 e. The molecule has 0 unspecified atom stereocenters. The lowest BCUT2D eigenvalue weighted by Gasteiger charge is -2.32. The van der Waals surface area contributed by atoms with E-state index in [1.54, 1.807) is 19.9 Å². The van der Waals surface area contributed by atoms with Gasteiger partial charge >= 0.3 is 0 Å². The van der Waals surface area contributed by atoms with Crippen LogP contribution >= 0.6 is 0 Å². The third-order valence-electron chi connectivity index (χ3n) is 2.42. The quantitative estimate of drug-likeness (QED) is 0.514. The SMILES string of the molecule is CC1(C)C=CC(=O)C(C)(C)C1=O. The lowest BCUT2D eigenvalue weighted by molar-refractivity contribution is -0.141. The highest BCUT2D eigenvalue weighted by atomic mass is 16.2. The highest BCUT2D eigenvalue weighted by Crippen LogP contribution is 2.35. The predicted molar refractivity (Wildman–Crippen MR) is 46.7 cm³/mol. The largest absolute Gasteiger partial charge is 0.298 e. The molecule has 1 aliphatic rings. The molecule has 0 aromatic heterocycles. The molecule has 0 fully saturated rings. The molecule has 0 N–H and O–H groups in total. The van der Waals surface area contributed by atoms with Gasteiger partial charge in [-0.25, -0.2) is 0 Å². The molecule has 0 amide bonds. The van der Waals surface area contributed by atoms with Gasteiger partial charge in [0.2, 0.25) is 0 Å². The van der Waals surface area contributed by atoms with E-state index in [2.05, 4.69) is 0 Å². The molecule has 0 radical (unpaired) electrons. The molecule has 2 nitrogen and oxygen atoms in total. The van der Waals surface area contributed by atoms with Gasteiger partial charge in [0, 0.05) is 5.41 Å². The third kappa shape index (κ3) is 1.11. The number of allylic oxidation sites excluding steroid dienone is 2. The molecule has 0 aliphatic heterocycles. The van der Waals surface area contributed by atoms with Gasteiger partial charge in [-0.1, -0.05) is 6.08 Å². The second-order valence-corrected chi connectivity index (χ2v) is 4.37. The highest BCUT2D eigenvalue weighted by Gasteiger charge is 2.44. The Kier molecular flexibility index (Phi) is 1.74. The van der Waals surface area contributed by atoms with Gasteiger partial charge in [-0.3, -0.25) is 9.59 Å². The van der Waals surface area contributed by atoms with Crippen molar-refractivity contribution in [3.63, 3.8) is 0 Å². The van der Waals surface area contributed by atoms with Gasteiger partial charge < -0.3 is 0 Å². The monoisotopic (exact) mass is 166 g/mol. The summed E-state index contributed by atoms with van der Waals surface area (Å²) in [6, 6.07) is 0. The molecule has 0 atom stereocenters. The molecule has 0 spiro atoms. The van der Waals surface area contributed by atoms with Crippen molar-refractivity contribution in [3.8, 4) is 0 Å². The van der Waals surface area contributed by atoms with Gasteiger partial charge in [-0.2, -0.15) is 0 Å². The van der Waals surface area contributed by atoms with Crippen LogP contribution in [0.4, 0.5) is 0 Å². The number of rotatable bonds is 0. The van der Waals surface area contributed by atoms with E-state index in [1.807, 2.05) is 13.8 Å². The van der Waals surface area contributed by atoms with E-state index in [4.69, 9.17) is 0 Å². The fourth-order valence-corrected chi connectivity index (χ4v) is 1.49. The molecular formula is C10H14O2. The Morgan fingerprint density at radius 2 is 1.58 bits per heavy atom. The maximum absolute atomic E-state index is 11.7. The van der Waals surface area contributed by atoms with Crippen LogP contribution in [0.5, 0.6) is 0 Å². The van der Waals surface area contributed by atoms with Crippen LogP contribution in [0.2, 0.25) is 0 Å². The summed E-state index contributed by atoms with van der Waals surface area (Å²) in [6.07, 6.45) is 3.20. The van der Waals surface area contributed by atoms with Crippen molar-refractivity contribution < 1.29 is 9.59 Å². The van der Waals surface area contributed by atoms with Crippen LogP contribution in [-0.4, -0.2) is 11.6 Å². The van der Waals surface area contributed by atoms with Crippen molar-refractivity contribution in [1.82, 2.24) is 0 Å². The average molecular weight is 166 g/mol. The lowest BCUT2D eigenvalue weighted by atomic mass is 9.67. The van der Waals surface area contributed by atoms with E-state index in [9.17, 15) is 9.59 Å². The van der Waals surface area contributed by atoms with E-state index in [0.29, 0.717) is 0 Å². The van der Waals surface area contributed by atoms with Crippen LogP contribution in [0.25, 0.3) is 0 Å². The summed E-state index contributed by atoms with van der Waals surface area (Å²) < 4.78 is 0. The molecule has 0 heterocycles. The van der Waals surface area contributed by atoms with Crippen LogP contribution < -0.4 is 0 Å². The van der Waals surface area contributed by atoms with E-state index in [0.717, 1.165) is 0 Å². The maximum Gasteiger partial charge on any atom is 0.168 e. The first kappa shape index (κ1) is 9.17. The molecule has 1 rings (SSSR count). The van der Waals surface area contributed by atoms with Crippen molar-refractivity contribution >= 4 is 11.6 Å². The first-order chi connectivity index (χ1) is 5.28. The van der Waals surface area contributed by atoms with Gasteiger partial charge in [-0.15, -0.1) is 0 Å². The fraction of sp³-hybridized carbons (Fsp3) is 0.600. The number of ketones is 2. The van der Waals surface area contributed by atoms with Crippen LogP contribution in [0, 0.1) is 10.8 Å². The summed E-state index contributed by atoms with van der Waals surface area (Å²) >= 11 is 0. The van der Waals surface area contributed by atoms with Crippen molar-refractivity contribution in [1.29, 1.82) is 0 Å². The normalized spacial score (nSPS) is 26.0. The molecule has 66 valence electrons. The van der Waals surface area contributed by atoms with E-state index >= 15 is 0 Å². The molecule has 1 aliphatic carbocycles. The average Bonchev–Trinajstić information content (AvgIpc) is 1.96. The number of carbonyl (C=O) groups is 2. The van der Waals surface area contributed by atoms with Crippen LogP contribution in [-0.2, 0) is 9.59 Å². The summed E-state index contributed by atoms with van der Waals surface area (Å²) in [5, 5.41) is 0. The number of carbonyl (C=O) groups excluding carboxylic acids is 2. The van der Waals surface area contributed by atoms with Gasteiger partial charge in [0.15, 0.2) is 11.6 Å². The van der Waals surface area contributed by atoms with Crippen LogP contribution in [0.1, 0.15) is 27.7 Å². The molecule has 0 aromatic carbocycles. The van der Waals surface area contributed by atoms with Crippen LogP contribution in [0.15, 0.2) is 12.2 Å². The Balaban J connectivity index is 3.20. The first-order valence-electron chi connectivity index (χ1n) is 4.07. The standard InChI is InChI=1S/C10H14O2/c1-9(2)6-5-7(11)10(3,4)8(9)12/h5-6H,1-4H3. The zero-order valence-electron chi connectivity index (χ0n) is 7.97. The smallest absolute Gasteiger partial charge is 0.168 e. The Labute approximate surface area is 72.7 Å². The second kappa shape index (κ2) is 2.28. The Morgan fingerprint density at radius 1 is 1.08 bits per heavy atom. The molecule has 12 heavy (non-hydrogen) atoms. The number of hydrogen-bond acceptors (Lipinski definition) is 2. The van der Waals surface area contributed by atoms with Gasteiger partial charge in [0.05, 0.1) is 5.41 Å². The van der Waals surface area contributed by atoms with Crippen molar-refractivity contribution in [2.45, 2.75) is 27.7 Å². The summed E-state index contributed by atoms with van der Waals surface area (Å²) in [4.78, 5) is 23.0. The van der Waals surface area contributed by atoms with Crippen LogP contribution in [0.3, 0.4) is 0 Å². The van der Waals surface area contributed by atoms with Gasteiger partial charge in [-0.05, 0) is 33.8 Å². The summed E-state index contributed by atoms with van der Waals surface area (Å²) in [5.74, 6) is -0.0886. The Hall–Kier alpha value is -0.920. The molecule has 0 saturated heterocycles. The summed E-state index contributed by atoms with van der Waals surface area (Å²) in [5.41, 5.74) is -1.32. The van der Waals surface area contributed by atoms with E-state index < -0.39 is 10.8 Å². The second-order valence-electron chi connectivity index (χ2n) is 4.37. The fourth-order valence-electron chi connectivity index (χ4n) is 1.49. The Morgan fingerprint density at radius 3 is 2.00 bits per heavy atom. The minimum atomic E-state index is -0.835. The zero-order chi connectivity index (χ0) is 9.57. The molecule has 0 saturated carbocycles. The summed E-state index contributed by atoms with van der Waals surface area (Å²) in [7, 11) is 0. The maximum atomic E-state index is 11.7. The zero-order valence-corrected chi connectivity index (χ0v) is 7.97. The summed E-state index contributed by atoms with van der Waals surface area (Å²) in [6.45, 7) is 7.03. The lowest BCUT2D eigenvalue weighted by Crippen LogP contribution is -2.43. The van der Waals surface area contributed by atoms with Gasteiger partial charge in [0.1, 0.15) is 0 Å². The molecule has 0 bridgehead atoms. The number of Topliss-reactive ketones (excluding diaryl/α,β-unsaturated/α-hetero) is 1. The molecule has 2 heteroatoms.